The van der Waals surface area contributed by atoms with E-state index >= 15 is 0 Å². The van der Waals surface area contributed by atoms with Crippen LogP contribution in [0.5, 0.6) is 0 Å². The zero-order valence-electron chi connectivity index (χ0n) is 25.0. The van der Waals surface area contributed by atoms with E-state index in [1.54, 1.807) is 0 Å². The van der Waals surface area contributed by atoms with Crippen molar-refractivity contribution in [2.24, 2.45) is 0 Å². The second-order valence-electron chi connectivity index (χ2n) is 17.2. The summed E-state index contributed by atoms with van der Waals surface area (Å²) in [5.41, 5.74) is 0. The molecule has 0 atom stereocenters. The van der Waals surface area contributed by atoms with E-state index in [2.05, 4.69) is 131 Å². The summed E-state index contributed by atoms with van der Waals surface area (Å²) in [5, 5.41) is 0. The maximum Gasteiger partial charge on any atom is 0.0319 e. The summed E-state index contributed by atoms with van der Waals surface area (Å²) in [7, 11) is -7.33. The average Bonchev–Trinajstić information content (AvgIpc) is 2.27. The quantitative estimate of drug-likeness (QED) is 0.280. The Kier molecular flexibility index (Phi) is 7.39. The molecule has 0 aromatic rings. The molecule has 0 amide bonds. The molecule has 0 aromatic heterocycles. The molecule has 30 heavy (non-hydrogen) atoms. The Morgan fingerprint density at radius 3 is 0.467 bits per heavy atom. The molecule has 0 N–H and O–H groups in total. The van der Waals surface area contributed by atoms with Crippen LogP contribution in [0.4, 0.5) is 0 Å². The number of hydrogen-bond acceptors (Lipinski definition) is 0. The van der Waals surface area contributed by atoms with E-state index in [4.69, 9.17) is 0 Å². The molecule has 1 heterocycles. The van der Waals surface area contributed by atoms with Crippen molar-refractivity contribution >= 4 is 71.1 Å². The first-order valence-corrected chi connectivity index (χ1v) is 52.5. The maximum atomic E-state index is 3.22. The third-order valence-electron chi connectivity index (χ3n) is 10.5. The molecule has 0 radical (unpaired) electrons. The molecule has 0 saturated carbocycles. The van der Waals surface area contributed by atoms with Gasteiger partial charge in [0.25, 0.3) is 0 Å². The van der Waals surface area contributed by atoms with Gasteiger partial charge in [0.2, 0.25) is 0 Å². The lowest BCUT2D eigenvalue weighted by Crippen LogP contribution is -3.27. The third-order valence-corrected chi connectivity index (χ3v) is 338. The van der Waals surface area contributed by atoms with Crippen LogP contribution in [0, 0.1) is 0 Å². The Balaban J connectivity index is 4.70. The highest BCUT2D eigenvalue weighted by atomic mass is 30.7. The van der Waals surface area contributed by atoms with Gasteiger partial charge in [0, 0.05) is 71.1 Å². The van der Waals surface area contributed by atoms with Crippen LogP contribution in [0.1, 0.15) is 0 Å². The molecule has 0 aromatic carbocycles. The fourth-order valence-corrected chi connectivity index (χ4v) is 786. The Morgan fingerprint density at radius 1 is 0.267 bits per heavy atom. The standard InChI is InChI=1S/C20H60Si10/c1-21(2,3)27(19)29(23(7,8)9,24(10,11)12)28(20,22(4,5)6)30(27,25(13,14)15)26(16,17)18/h1-20H3. The number of rotatable bonds is 6. The highest BCUT2D eigenvalue weighted by molar-refractivity contribution is 8.52. The molecule has 1 aliphatic heterocycles. The van der Waals surface area contributed by atoms with Gasteiger partial charge in [-0.2, -0.15) is 0 Å². The fraction of sp³-hybridized carbons (Fsp3) is 1.00. The normalized spacial score (nSPS) is 30.8. The summed E-state index contributed by atoms with van der Waals surface area (Å²) < 4.78 is 0. The first-order chi connectivity index (χ1) is 12.5. The molecule has 0 bridgehead atoms. The van der Waals surface area contributed by atoms with Crippen LogP contribution < -0.4 is 0 Å². The minimum atomic E-state index is -1.28. The van der Waals surface area contributed by atoms with Gasteiger partial charge in [-0.05, 0) is 0 Å². The Morgan fingerprint density at radius 2 is 0.400 bits per heavy atom. The van der Waals surface area contributed by atoms with E-state index in [0.29, 0.717) is 0 Å². The van der Waals surface area contributed by atoms with Gasteiger partial charge >= 0.3 is 0 Å². The van der Waals surface area contributed by atoms with Crippen LogP contribution in [-0.2, 0) is 0 Å². The summed E-state index contributed by atoms with van der Waals surface area (Å²) in [6.45, 7) is 56.8. The SMILES string of the molecule is C[Si](C)(C)[Si]1(C)[Si]([Si](C)(C)C)([Si](C)(C)C)[Si](C)([Si](C)(C)C)[Si]1([Si](C)(C)C)[Si](C)(C)C. The van der Waals surface area contributed by atoms with E-state index in [0.717, 1.165) is 0 Å². The summed E-state index contributed by atoms with van der Waals surface area (Å²) in [6, 6.07) is 0. The average molecular weight is 582 g/mol. The molecule has 1 rings (SSSR count). The molecule has 1 aliphatic rings. The van der Waals surface area contributed by atoms with Crippen molar-refractivity contribution in [3.8, 4) is 0 Å². The van der Waals surface area contributed by atoms with Crippen molar-refractivity contribution < 1.29 is 0 Å². The summed E-state index contributed by atoms with van der Waals surface area (Å²) in [6.07, 6.45) is -2.54. The van der Waals surface area contributed by atoms with Crippen LogP contribution in [0.2, 0.25) is 131 Å². The number of hydrogen-bond donors (Lipinski definition) is 0. The van der Waals surface area contributed by atoms with Gasteiger partial charge in [-0.25, -0.2) is 0 Å². The fourth-order valence-electron chi connectivity index (χ4n) is 12.0. The molecule has 1 saturated heterocycles. The lowest BCUT2D eigenvalue weighted by Gasteiger charge is -2.93. The van der Waals surface area contributed by atoms with Crippen LogP contribution in [0.25, 0.3) is 0 Å². The van der Waals surface area contributed by atoms with E-state index in [1.807, 2.05) is 0 Å². The van der Waals surface area contributed by atoms with Crippen LogP contribution in [0.3, 0.4) is 0 Å². The zero-order valence-corrected chi connectivity index (χ0v) is 35.0. The first-order valence-electron chi connectivity index (χ1n) is 12.5. The smallest absolute Gasteiger partial charge is 0.0319 e. The predicted molar refractivity (Wildman–Crippen MR) is 175 cm³/mol. The second kappa shape index (κ2) is 7.34. The lowest BCUT2D eigenvalue weighted by atomic mass is 11.8. The van der Waals surface area contributed by atoms with Crippen molar-refractivity contribution in [3.63, 3.8) is 0 Å². The van der Waals surface area contributed by atoms with Crippen molar-refractivity contribution in [3.05, 3.63) is 0 Å². The monoisotopic (exact) mass is 580 g/mol. The molecule has 0 unspecified atom stereocenters. The molecule has 0 aliphatic carbocycles. The summed E-state index contributed by atoms with van der Waals surface area (Å²) in [5.74, 6) is 0. The van der Waals surface area contributed by atoms with E-state index in [9.17, 15) is 0 Å². The minimum Gasteiger partial charge on any atom is -0.0758 e. The Labute approximate surface area is 200 Å². The van der Waals surface area contributed by atoms with Crippen molar-refractivity contribution in [2.45, 2.75) is 131 Å². The van der Waals surface area contributed by atoms with Gasteiger partial charge in [0.1, 0.15) is 0 Å². The molecule has 1 fully saturated rings. The molecule has 0 nitrogen and oxygen atoms in total. The van der Waals surface area contributed by atoms with Gasteiger partial charge in [-0.15, -0.1) is 0 Å². The summed E-state index contributed by atoms with van der Waals surface area (Å²) in [4.78, 5) is 0. The van der Waals surface area contributed by atoms with Gasteiger partial charge in [0.15, 0.2) is 0 Å². The van der Waals surface area contributed by atoms with E-state index < -0.39 is 71.1 Å². The van der Waals surface area contributed by atoms with Crippen molar-refractivity contribution in [2.75, 3.05) is 0 Å². The van der Waals surface area contributed by atoms with Crippen LogP contribution in [0.15, 0.2) is 0 Å². The van der Waals surface area contributed by atoms with Crippen LogP contribution in [-0.4, -0.2) is 71.1 Å². The lowest BCUT2D eigenvalue weighted by molar-refractivity contribution is 1.72. The second-order valence-corrected chi connectivity index (χ2v) is 142. The molecular weight excluding hydrogens is 521 g/mol. The minimum absolute atomic E-state index is 1.22. The van der Waals surface area contributed by atoms with Gasteiger partial charge in [-0.3, -0.25) is 0 Å². The Bertz CT molecular complexity index is 571. The van der Waals surface area contributed by atoms with Gasteiger partial charge in [0.05, 0.1) is 0 Å². The largest absolute Gasteiger partial charge is 0.0758 e. The van der Waals surface area contributed by atoms with Gasteiger partial charge in [-0.1, -0.05) is 131 Å². The first kappa shape index (κ1) is 30.2. The van der Waals surface area contributed by atoms with E-state index in [1.165, 1.54) is 0 Å². The van der Waals surface area contributed by atoms with Crippen molar-refractivity contribution in [1.82, 2.24) is 0 Å². The maximum absolute atomic E-state index is 3.22. The van der Waals surface area contributed by atoms with Crippen LogP contribution >= 0.6 is 0 Å². The molecule has 0 spiro atoms. The predicted octanol–water partition coefficient (Wildman–Crippen LogP) is 7.87. The van der Waals surface area contributed by atoms with Gasteiger partial charge < -0.3 is 0 Å². The topological polar surface area (TPSA) is 0 Å². The van der Waals surface area contributed by atoms with E-state index in [-0.39, 0.29) is 0 Å². The molecular formula is C20H60Si10. The summed E-state index contributed by atoms with van der Waals surface area (Å²) >= 11 is 0. The molecule has 10 heteroatoms. The highest BCUT2D eigenvalue weighted by Crippen LogP contribution is 2.67. The molecule has 180 valence electrons. The third kappa shape index (κ3) is 3.02. The Hall–Kier alpha value is 2.17. The van der Waals surface area contributed by atoms with Crippen molar-refractivity contribution in [1.29, 1.82) is 0 Å². The zero-order chi connectivity index (χ0) is 25.0. The highest BCUT2D eigenvalue weighted by Gasteiger charge is 2.98.